The summed E-state index contributed by atoms with van der Waals surface area (Å²) in [6, 6.07) is 7.39. The summed E-state index contributed by atoms with van der Waals surface area (Å²) in [5.74, 6) is 0.158. The van der Waals surface area contributed by atoms with Crippen molar-refractivity contribution in [1.82, 2.24) is 5.32 Å². The minimum absolute atomic E-state index is 0.120. The van der Waals surface area contributed by atoms with Crippen LogP contribution in [0, 0.1) is 0 Å². The molecule has 4 nitrogen and oxygen atoms in total. The van der Waals surface area contributed by atoms with Crippen LogP contribution in [0.1, 0.15) is 6.42 Å². The molecule has 0 saturated carbocycles. The second-order valence-electron chi connectivity index (χ2n) is 4.52. The van der Waals surface area contributed by atoms with Gasteiger partial charge >= 0.3 is 0 Å². The Morgan fingerprint density at radius 2 is 2.32 bits per heavy atom. The molecule has 1 aliphatic heterocycles. The number of thioether (sulfide) groups is 1. The van der Waals surface area contributed by atoms with Crippen LogP contribution in [0.4, 0.5) is 0 Å². The Bertz CT molecular complexity index is 449. The van der Waals surface area contributed by atoms with Crippen molar-refractivity contribution in [3.05, 3.63) is 29.3 Å². The summed E-state index contributed by atoms with van der Waals surface area (Å²) in [4.78, 5) is 12.6. The van der Waals surface area contributed by atoms with Gasteiger partial charge in [-0.05, 0) is 12.1 Å². The second-order valence-corrected chi connectivity index (χ2v) is 5.95. The molecule has 0 aliphatic carbocycles. The van der Waals surface area contributed by atoms with Gasteiger partial charge in [0.05, 0.1) is 17.4 Å². The van der Waals surface area contributed by atoms with Gasteiger partial charge in [-0.1, -0.05) is 23.7 Å². The lowest BCUT2D eigenvalue weighted by atomic mass is 10.0. The molecular formula is C13H16ClNO3S. The Balaban J connectivity index is 1.74. The number of nitrogens with one attached hydrogen (secondary N) is 1. The van der Waals surface area contributed by atoms with E-state index in [0.29, 0.717) is 18.1 Å². The van der Waals surface area contributed by atoms with E-state index in [0.717, 1.165) is 4.90 Å². The zero-order chi connectivity index (χ0) is 13.7. The van der Waals surface area contributed by atoms with Crippen LogP contribution in [0.25, 0.3) is 0 Å². The summed E-state index contributed by atoms with van der Waals surface area (Å²) in [6.45, 7) is 1.06. The van der Waals surface area contributed by atoms with Crippen LogP contribution in [0.3, 0.4) is 0 Å². The normalized spacial score (nSPS) is 22.4. The summed E-state index contributed by atoms with van der Waals surface area (Å²) >= 11 is 7.38. The molecule has 0 spiro atoms. The number of aliphatic hydroxyl groups is 1. The highest BCUT2D eigenvalue weighted by molar-refractivity contribution is 8.00. The second kappa shape index (κ2) is 6.61. The van der Waals surface area contributed by atoms with Gasteiger partial charge in [0.1, 0.15) is 5.60 Å². The smallest absolute Gasteiger partial charge is 0.230 e. The molecule has 6 heteroatoms. The third-order valence-electron chi connectivity index (χ3n) is 2.89. The monoisotopic (exact) mass is 301 g/mol. The van der Waals surface area contributed by atoms with Crippen molar-refractivity contribution in [1.29, 1.82) is 0 Å². The van der Waals surface area contributed by atoms with Gasteiger partial charge in [-0.25, -0.2) is 0 Å². The number of carbonyl (C=O) groups excluding carboxylic acids is 1. The molecule has 104 valence electrons. The Hall–Kier alpha value is -0.750. The third kappa shape index (κ3) is 4.38. The first-order valence-electron chi connectivity index (χ1n) is 6.03. The fraction of sp³-hybridized carbons (Fsp3) is 0.462. The number of benzene rings is 1. The van der Waals surface area contributed by atoms with E-state index in [2.05, 4.69) is 5.32 Å². The molecule has 1 saturated heterocycles. The Morgan fingerprint density at radius 1 is 1.53 bits per heavy atom. The van der Waals surface area contributed by atoms with Crippen LogP contribution in [0.2, 0.25) is 5.02 Å². The molecule has 1 fully saturated rings. The number of carbonyl (C=O) groups is 1. The largest absolute Gasteiger partial charge is 0.386 e. The molecule has 1 aromatic rings. The Kier molecular flexibility index (Phi) is 5.10. The maximum atomic E-state index is 11.7. The zero-order valence-electron chi connectivity index (χ0n) is 10.4. The quantitative estimate of drug-likeness (QED) is 0.813. The minimum atomic E-state index is -0.912. The molecule has 1 amide bonds. The van der Waals surface area contributed by atoms with Crippen molar-refractivity contribution >= 4 is 29.3 Å². The topological polar surface area (TPSA) is 58.6 Å². The maximum absolute atomic E-state index is 11.7. The fourth-order valence-electron chi connectivity index (χ4n) is 1.76. The molecule has 1 heterocycles. The summed E-state index contributed by atoms with van der Waals surface area (Å²) in [5, 5.41) is 13.4. The van der Waals surface area contributed by atoms with Crippen molar-refractivity contribution in [2.75, 3.05) is 25.5 Å². The molecule has 1 unspecified atom stereocenters. The lowest BCUT2D eigenvalue weighted by Gasteiger charge is -2.20. The highest BCUT2D eigenvalue weighted by Gasteiger charge is 2.32. The van der Waals surface area contributed by atoms with Gasteiger partial charge in [0.25, 0.3) is 0 Å². The highest BCUT2D eigenvalue weighted by atomic mass is 35.5. The summed E-state index contributed by atoms with van der Waals surface area (Å²) in [5.41, 5.74) is -0.912. The van der Waals surface area contributed by atoms with Crippen molar-refractivity contribution in [2.24, 2.45) is 0 Å². The average Bonchev–Trinajstić information content (AvgIpc) is 2.83. The van der Waals surface area contributed by atoms with Crippen molar-refractivity contribution < 1.29 is 14.6 Å². The number of ether oxygens (including phenoxy) is 1. The van der Waals surface area contributed by atoms with Crippen molar-refractivity contribution in [2.45, 2.75) is 16.9 Å². The van der Waals surface area contributed by atoms with E-state index in [1.165, 1.54) is 11.8 Å². The van der Waals surface area contributed by atoms with Crippen LogP contribution in [0.5, 0.6) is 0 Å². The predicted octanol–water partition coefficient (Wildman–Crippen LogP) is 1.70. The molecule has 0 bridgehead atoms. The van der Waals surface area contributed by atoms with Crippen LogP contribution in [0.15, 0.2) is 29.2 Å². The van der Waals surface area contributed by atoms with E-state index in [9.17, 15) is 9.90 Å². The van der Waals surface area contributed by atoms with E-state index < -0.39 is 5.60 Å². The van der Waals surface area contributed by atoms with Gasteiger partial charge in [0, 0.05) is 24.5 Å². The summed E-state index contributed by atoms with van der Waals surface area (Å²) in [6.07, 6.45) is 0.560. The molecule has 1 atom stereocenters. The van der Waals surface area contributed by atoms with Gasteiger partial charge in [-0.3, -0.25) is 4.79 Å². The summed E-state index contributed by atoms with van der Waals surface area (Å²) in [7, 11) is 0. The van der Waals surface area contributed by atoms with E-state index >= 15 is 0 Å². The number of hydrogen-bond donors (Lipinski definition) is 2. The van der Waals surface area contributed by atoms with Gasteiger partial charge < -0.3 is 15.2 Å². The van der Waals surface area contributed by atoms with E-state index in [4.69, 9.17) is 16.3 Å². The highest BCUT2D eigenvalue weighted by Crippen LogP contribution is 2.26. The molecule has 2 rings (SSSR count). The molecule has 0 radical (unpaired) electrons. The lowest BCUT2D eigenvalue weighted by Crippen LogP contribution is -2.43. The van der Waals surface area contributed by atoms with Crippen molar-refractivity contribution in [3.63, 3.8) is 0 Å². The number of amides is 1. The van der Waals surface area contributed by atoms with E-state index in [-0.39, 0.29) is 24.8 Å². The standard InChI is InChI=1S/C13H16ClNO3S/c14-10-3-1-2-4-11(10)19-7-12(16)15-8-13(17)5-6-18-9-13/h1-4,17H,5-9H2,(H,15,16). The molecule has 2 N–H and O–H groups in total. The average molecular weight is 302 g/mol. The SMILES string of the molecule is O=C(CSc1ccccc1Cl)NCC1(O)CCOC1. The van der Waals surface area contributed by atoms with E-state index in [1.807, 2.05) is 18.2 Å². The zero-order valence-corrected chi connectivity index (χ0v) is 12.0. The summed E-state index contributed by atoms with van der Waals surface area (Å²) < 4.78 is 5.11. The van der Waals surface area contributed by atoms with Gasteiger partial charge in [-0.15, -0.1) is 11.8 Å². The molecule has 1 aliphatic rings. The third-order valence-corrected chi connectivity index (χ3v) is 4.41. The Morgan fingerprint density at radius 3 is 3.00 bits per heavy atom. The molecule has 0 aromatic heterocycles. The van der Waals surface area contributed by atoms with Crippen LogP contribution >= 0.6 is 23.4 Å². The van der Waals surface area contributed by atoms with Crippen LogP contribution in [-0.2, 0) is 9.53 Å². The molecule has 1 aromatic carbocycles. The van der Waals surface area contributed by atoms with Gasteiger partial charge in [0.2, 0.25) is 5.91 Å². The number of halogens is 1. The fourth-order valence-corrected chi connectivity index (χ4v) is 2.82. The number of hydrogen-bond acceptors (Lipinski definition) is 4. The van der Waals surface area contributed by atoms with E-state index in [1.54, 1.807) is 6.07 Å². The lowest BCUT2D eigenvalue weighted by molar-refractivity contribution is -0.119. The number of rotatable bonds is 5. The minimum Gasteiger partial charge on any atom is -0.386 e. The van der Waals surface area contributed by atoms with Crippen LogP contribution in [-0.4, -0.2) is 42.1 Å². The maximum Gasteiger partial charge on any atom is 0.230 e. The van der Waals surface area contributed by atoms with Gasteiger partial charge in [0.15, 0.2) is 0 Å². The van der Waals surface area contributed by atoms with Gasteiger partial charge in [-0.2, -0.15) is 0 Å². The first-order valence-corrected chi connectivity index (χ1v) is 7.40. The predicted molar refractivity (Wildman–Crippen MR) is 75.6 cm³/mol. The molecule has 19 heavy (non-hydrogen) atoms. The first-order chi connectivity index (χ1) is 9.09. The van der Waals surface area contributed by atoms with Crippen LogP contribution < -0.4 is 5.32 Å². The first kappa shape index (κ1) is 14.7. The van der Waals surface area contributed by atoms with Crippen molar-refractivity contribution in [3.8, 4) is 0 Å². The Labute approximate surface area is 121 Å². The molecular weight excluding hydrogens is 286 g/mol.